The quantitative estimate of drug-likeness (QED) is 0.469. The van der Waals surface area contributed by atoms with Crippen molar-refractivity contribution in [3.05, 3.63) is 47.5 Å². The summed E-state index contributed by atoms with van der Waals surface area (Å²) in [6, 6.07) is 7.36. The van der Waals surface area contributed by atoms with Gasteiger partial charge in [-0.25, -0.2) is 0 Å². The first-order valence-corrected chi connectivity index (χ1v) is 10.5. The largest absolute Gasteiger partial charge is 0.381 e. The van der Waals surface area contributed by atoms with Crippen molar-refractivity contribution in [1.82, 2.24) is 0 Å². The standard InChI is InChI=1S/C18H25ClOSi/c1-7-13-18(20,21(5,6)17(2,3)4)14-12-15-8-10-16(19)11-9-15/h7-11,20H,1,13H2,2-6H3. The van der Waals surface area contributed by atoms with E-state index in [0.717, 1.165) is 5.56 Å². The van der Waals surface area contributed by atoms with E-state index in [4.69, 9.17) is 11.6 Å². The maximum atomic E-state index is 11.2. The van der Waals surface area contributed by atoms with Crippen LogP contribution in [0.5, 0.6) is 0 Å². The van der Waals surface area contributed by atoms with Crippen molar-refractivity contribution in [1.29, 1.82) is 0 Å². The molecule has 0 amide bonds. The first-order chi connectivity index (χ1) is 9.53. The number of hydrogen-bond donors (Lipinski definition) is 1. The number of aliphatic hydroxyl groups is 1. The summed E-state index contributed by atoms with van der Waals surface area (Å²) < 4.78 is 0. The predicted octanol–water partition coefficient (Wildman–Crippen LogP) is 5.05. The molecular weight excluding hydrogens is 296 g/mol. The van der Waals surface area contributed by atoms with Gasteiger partial charge in [-0.1, -0.05) is 63.4 Å². The van der Waals surface area contributed by atoms with Crippen LogP contribution in [0.25, 0.3) is 0 Å². The second-order valence-corrected chi connectivity index (χ2v) is 13.0. The minimum Gasteiger partial charge on any atom is -0.381 e. The lowest BCUT2D eigenvalue weighted by Crippen LogP contribution is -2.58. The Morgan fingerprint density at radius 1 is 1.24 bits per heavy atom. The van der Waals surface area contributed by atoms with Crippen molar-refractivity contribution in [3.8, 4) is 11.8 Å². The Morgan fingerprint density at radius 3 is 2.19 bits per heavy atom. The Labute approximate surface area is 135 Å². The summed E-state index contributed by atoms with van der Waals surface area (Å²) in [6.07, 6.45) is 2.25. The van der Waals surface area contributed by atoms with Crippen LogP contribution in [-0.4, -0.2) is 18.4 Å². The van der Waals surface area contributed by atoms with Crippen LogP contribution in [0.3, 0.4) is 0 Å². The molecule has 1 rings (SSSR count). The van der Waals surface area contributed by atoms with Gasteiger partial charge in [-0.2, -0.15) is 0 Å². The minimum absolute atomic E-state index is 0.0411. The highest BCUT2D eigenvalue weighted by atomic mass is 35.5. The molecule has 0 heterocycles. The van der Waals surface area contributed by atoms with Crippen LogP contribution in [0.2, 0.25) is 23.2 Å². The molecule has 1 unspecified atom stereocenters. The summed E-state index contributed by atoms with van der Waals surface area (Å²) in [5.74, 6) is 6.24. The molecule has 1 nitrogen and oxygen atoms in total. The molecule has 0 fully saturated rings. The van der Waals surface area contributed by atoms with Crippen LogP contribution in [0.4, 0.5) is 0 Å². The van der Waals surface area contributed by atoms with E-state index in [9.17, 15) is 5.11 Å². The lowest BCUT2D eigenvalue weighted by molar-refractivity contribution is 0.173. The number of benzene rings is 1. The zero-order valence-corrected chi connectivity index (χ0v) is 15.4. The summed E-state index contributed by atoms with van der Waals surface area (Å²) in [5.41, 5.74) is 0.862. The summed E-state index contributed by atoms with van der Waals surface area (Å²) in [6.45, 7) is 14.7. The molecule has 3 heteroatoms. The monoisotopic (exact) mass is 320 g/mol. The number of hydrogen-bond acceptors (Lipinski definition) is 1. The Hall–Kier alpha value is -1.01. The molecule has 0 spiro atoms. The van der Waals surface area contributed by atoms with E-state index in [0.29, 0.717) is 11.4 Å². The van der Waals surface area contributed by atoms with Crippen LogP contribution in [0.1, 0.15) is 32.8 Å². The van der Waals surface area contributed by atoms with E-state index in [2.05, 4.69) is 52.3 Å². The number of rotatable bonds is 3. The normalized spacial score (nSPS) is 14.8. The molecule has 1 atom stereocenters. The minimum atomic E-state index is -2.06. The number of halogens is 1. The van der Waals surface area contributed by atoms with Crippen LogP contribution < -0.4 is 0 Å². The van der Waals surface area contributed by atoms with Gasteiger partial charge < -0.3 is 5.11 Å². The summed E-state index contributed by atoms with van der Waals surface area (Å²) >= 11 is 5.88. The molecule has 0 bridgehead atoms. The average molecular weight is 321 g/mol. The molecule has 114 valence electrons. The van der Waals surface area contributed by atoms with Gasteiger partial charge >= 0.3 is 0 Å². The van der Waals surface area contributed by atoms with Gasteiger partial charge in [-0.15, -0.1) is 6.58 Å². The van der Waals surface area contributed by atoms with E-state index in [-0.39, 0.29) is 5.04 Å². The van der Waals surface area contributed by atoms with E-state index >= 15 is 0 Å². The van der Waals surface area contributed by atoms with Crippen molar-refractivity contribution in [2.75, 3.05) is 0 Å². The molecule has 0 saturated carbocycles. The smallest absolute Gasteiger partial charge is 0.116 e. The van der Waals surface area contributed by atoms with Gasteiger partial charge in [0, 0.05) is 17.0 Å². The van der Waals surface area contributed by atoms with E-state index < -0.39 is 13.3 Å². The van der Waals surface area contributed by atoms with Crippen molar-refractivity contribution in [3.63, 3.8) is 0 Å². The fourth-order valence-corrected chi connectivity index (χ4v) is 4.40. The maximum Gasteiger partial charge on any atom is 0.116 e. The third kappa shape index (κ3) is 4.00. The third-order valence-electron chi connectivity index (χ3n) is 4.61. The summed E-state index contributed by atoms with van der Waals surface area (Å²) in [4.78, 5) is 0. The summed E-state index contributed by atoms with van der Waals surface area (Å²) in [7, 11) is -2.06. The van der Waals surface area contributed by atoms with Crippen LogP contribution in [0.15, 0.2) is 36.9 Å². The van der Waals surface area contributed by atoms with Crippen molar-refractivity contribution >= 4 is 19.7 Å². The molecule has 0 aliphatic rings. The van der Waals surface area contributed by atoms with E-state index in [1.807, 2.05) is 24.3 Å². The predicted molar refractivity (Wildman–Crippen MR) is 95.3 cm³/mol. The highest BCUT2D eigenvalue weighted by Crippen LogP contribution is 2.44. The van der Waals surface area contributed by atoms with Crippen LogP contribution in [0, 0.1) is 11.8 Å². The molecule has 1 aromatic carbocycles. The molecule has 0 radical (unpaired) electrons. The van der Waals surface area contributed by atoms with Gasteiger partial charge in [-0.05, 0) is 29.3 Å². The Kier molecular flexibility index (Phi) is 5.49. The average Bonchev–Trinajstić information content (AvgIpc) is 2.37. The summed E-state index contributed by atoms with van der Waals surface area (Å²) in [5, 5.41) is 10.9. The maximum absolute atomic E-state index is 11.2. The molecule has 1 aromatic rings. The Morgan fingerprint density at radius 2 is 1.76 bits per heavy atom. The first kappa shape index (κ1) is 18.0. The van der Waals surface area contributed by atoms with Crippen LogP contribution >= 0.6 is 11.6 Å². The molecule has 0 aromatic heterocycles. The fraction of sp³-hybridized carbons (Fsp3) is 0.444. The van der Waals surface area contributed by atoms with Crippen molar-refractivity contribution in [2.24, 2.45) is 0 Å². The first-order valence-electron chi connectivity index (χ1n) is 7.15. The van der Waals surface area contributed by atoms with Gasteiger partial charge in [0.1, 0.15) is 13.3 Å². The molecule has 0 saturated heterocycles. The van der Waals surface area contributed by atoms with E-state index in [1.54, 1.807) is 6.08 Å². The molecule has 21 heavy (non-hydrogen) atoms. The van der Waals surface area contributed by atoms with Gasteiger partial charge in [0.05, 0.1) is 0 Å². The Bertz CT molecular complexity index is 558. The van der Waals surface area contributed by atoms with Gasteiger partial charge in [0.25, 0.3) is 0 Å². The lowest BCUT2D eigenvalue weighted by Gasteiger charge is -2.46. The molecule has 1 N–H and O–H groups in total. The van der Waals surface area contributed by atoms with Crippen molar-refractivity contribution < 1.29 is 5.11 Å². The second kappa shape index (κ2) is 6.40. The molecule has 0 aliphatic carbocycles. The second-order valence-electron chi connectivity index (χ2n) is 6.98. The Balaban J connectivity index is 3.24. The van der Waals surface area contributed by atoms with Gasteiger partial charge in [0.15, 0.2) is 0 Å². The topological polar surface area (TPSA) is 20.2 Å². The SMILES string of the molecule is C=CCC(O)(C#Cc1ccc(Cl)cc1)[Si](C)(C)C(C)(C)C. The van der Waals surface area contributed by atoms with Gasteiger partial charge in [-0.3, -0.25) is 0 Å². The zero-order valence-electron chi connectivity index (χ0n) is 13.6. The van der Waals surface area contributed by atoms with E-state index in [1.165, 1.54) is 0 Å². The molecule has 0 aliphatic heterocycles. The highest BCUT2D eigenvalue weighted by Gasteiger charge is 2.50. The van der Waals surface area contributed by atoms with Gasteiger partial charge in [0.2, 0.25) is 0 Å². The zero-order chi connectivity index (χ0) is 16.3. The van der Waals surface area contributed by atoms with Crippen LogP contribution in [-0.2, 0) is 0 Å². The lowest BCUT2D eigenvalue weighted by atomic mass is 10.2. The highest BCUT2D eigenvalue weighted by molar-refractivity contribution is 6.83. The fourth-order valence-electron chi connectivity index (χ4n) is 2.00. The third-order valence-corrected chi connectivity index (χ3v) is 11.0. The van der Waals surface area contributed by atoms with Crippen molar-refractivity contribution in [2.45, 2.75) is 50.5 Å². The molecular formula is C18H25ClOSi.